The fraction of sp³-hybridized carbons (Fsp3) is 0.636. The van der Waals surface area contributed by atoms with Crippen LogP contribution in [0.2, 0.25) is 0 Å². The summed E-state index contributed by atoms with van der Waals surface area (Å²) in [4.78, 5) is 11.9. The van der Waals surface area contributed by atoms with Crippen molar-refractivity contribution in [2.24, 2.45) is 0 Å². The van der Waals surface area contributed by atoms with Gasteiger partial charge in [0, 0.05) is 18.8 Å². The Morgan fingerprint density at radius 2 is 2.11 bits per heavy atom. The zero-order valence-corrected chi connectivity index (χ0v) is 12.3. The second-order valence-electron chi connectivity index (χ2n) is 4.26. The van der Waals surface area contributed by atoms with Crippen molar-refractivity contribution in [3.63, 3.8) is 0 Å². The number of amides is 1. The second-order valence-corrected chi connectivity index (χ2v) is 6.12. The summed E-state index contributed by atoms with van der Waals surface area (Å²) in [5.41, 5.74) is 0.118. The first-order valence-corrected chi connectivity index (χ1v) is 7.67. The number of aryl methyl sites for hydroxylation is 1. The fourth-order valence-corrected chi connectivity index (χ4v) is 1.78. The van der Waals surface area contributed by atoms with Crippen LogP contribution in [0.1, 0.15) is 38.1 Å². The molecule has 0 aliphatic heterocycles. The normalized spacial score (nSPS) is 11.6. The number of hydrogen-bond donors (Lipinski definition) is 1. The number of carbonyl (C=O) groups is 1. The third kappa shape index (κ3) is 4.23. The molecule has 0 aromatic carbocycles. The molecule has 0 unspecified atom stereocenters. The molecule has 0 bridgehead atoms. The molecule has 1 aromatic heterocycles. The summed E-state index contributed by atoms with van der Waals surface area (Å²) in [7, 11) is -3.71. The summed E-state index contributed by atoms with van der Waals surface area (Å²) in [6.07, 6.45) is 1.47. The molecule has 1 rings (SSSR count). The van der Waals surface area contributed by atoms with E-state index < -0.39 is 16.0 Å². The molecular formula is C11H19N3O4S. The molecule has 1 heterocycles. The van der Waals surface area contributed by atoms with Gasteiger partial charge in [0.2, 0.25) is 0 Å². The van der Waals surface area contributed by atoms with Crippen LogP contribution in [-0.4, -0.2) is 35.9 Å². The minimum Gasteiger partial charge on any atom is -0.359 e. The van der Waals surface area contributed by atoms with Gasteiger partial charge in [-0.1, -0.05) is 0 Å². The summed E-state index contributed by atoms with van der Waals surface area (Å²) in [6.45, 7) is 7.42. The van der Waals surface area contributed by atoms with E-state index in [0.717, 1.165) is 0 Å². The Morgan fingerprint density at radius 3 is 2.58 bits per heavy atom. The maximum absolute atomic E-state index is 11.9. The highest BCUT2D eigenvalue weighted by atomic mass is 32.2. The van der Waals surface area contributed by atoms with Gasteiger partial charge in [-0.15, -0.1) is 5.10 Å². The van der Waals surface area contributed by atoms with Crippen LogP contribution >= 0.6 is 0 Å². The van der Waals surface area contributed by atoms with Crippen LogP contribution in [0.15, 0.2) is 6.20 Å². The Hall–Kier alpha value is -1.57. The predicted molar refractivity (Wildman–Crippen MR) is 70.6 cm³/mol. The highest BCUT2D eigenvalue weighted by Crippen LogP contribution is 2.18. The monoisotopic (exact) mass is 289 g/mol. The van der Waals surface area contributed by atoms with Crippen LogP contribution in [0, 0.1) is 0 Å². The standard InChI is InChI=1S/C11H19N3O4S/c1-5-14-7-9(10(15)12-8(3)4)11(13-14)18-19(16,17)6-2/h7-8H,5-6H2,1-4H3,(H,12,15). The number of nitrogens with zero attached hydrogens (tertiary/aromatic N) is 2. The minimum atomic E-state index is -3.71. The van der Waals surface area contributed by atoms with Crippen LogP contribution in [0.25, 0.3) is 0 Å². The lowest BCUT2D eigenvalue weighted by Crippen LogP contribution is -2.30. The van der Waals surface area contributed by atoms with Crippen molar-refractivity contribution in [1.29, 1.82) is 0 Å². The first-order chi connectivity index (χ1) is 8.79. The third-order valence-electron chi connectivity index (χ3n) is 2.28. The molecule has 0 fully saturated rings. The second kappa shape index (κ2) is 6.05. The molecule has 108 valence electrons. The smallest absolute Gasteiger partial charge is 0.310 e. The Balaban J connectivity index is 3.09. The SMILES string of the molecule is CCn1cc(C(=O)NC(C)C)c(OS(=O)(=O)CC)n1. The van der Waals surface area contributed by atoms with E-state index in [0.29, 0.717) is 6.54 Å². The number of nitrogens with one attached hydrogen (secondary N) is 1. The topological polar surface area (TPSA) is 90.3 Å². The molecule has 0 atom stereocenters. The maximum atomic E-state index is 11.9. The van der Waals surface area contributed by atoms with Gasteiger partial charge >= 0.3 is 10.1 Å². The van der Waals surface area contributed by atoms with Crippen molar-refractivity contribution < 1.29 is 17.4 Å². The molecule has 0 spiro atoms. The van der Waals surface area contributed by atoms with E-state index in [1.165, 1.54) is 17.8 Å². The molecule has 7 nitrogen and oxygen atoms in total. The predicted octanol–water partition coefficient (Wildman–Crippen LogP) is 0.770. The molecule has 0 saturated heterocycles. The number of aromatic nitrogens is 2. The molecule has 1 aromatic rings. The van der Waals surface area contributed by atoms with E-state index in [2.05, 4.69) is 10.4 Å². The Labute approximate surface area is 113 Å². The van der Waals surface area contributed by atoms with Crippen molar-refractivity contribution in [2.45, 2.75) is 40.3 Å². The number of carbonyl (C=O) groups excluding carboxylic acids is 1. The lowest BCUT2D eigenvalue weighted by Gasteiger charge is -2.08. The number of hydrogen-bond acceptors (Lipinski definition) is 5. The third-order valence-corrected chi connectivity index (χ3v) is 3.39. The first-order valence-electron chi connectivity index (χ1n) is 6.09. The van der Waals surface area contributed by atoms with Crippen molar-refractivity contribution in [3.8, 4) is 5.88 Å². The van der Waals surface area contributed by atoms with Crippen molar-refractivity contribution >= 4 is 16.0 Å². The van der Waals surface area contributed by atoms with Crippen molar-refractivity contribution in [3.05, 3.63) is 11.8 Å². The van der Waals surface area contributed by atoms with E-state index in [9.17, 15) is 13.2 Å². The highest BCUT2D eigenvalue weighted by molar-refractivity contribution is 7.87. The van der Waals surface area contributed by atoms with Crippen LogP contribution < -0.4 is 9.50 Å². The van der Waals surface area contributed by atoms with Gasteiger partial charge in [0.25, 0.3) is 11.8 Å². The average Bonchev–Trinajstić information content (AvgIpc) is 2.70. The van der Waals surface area contributed by atoms with E-state index in [-0.39, 0.29) is 23.2 Å². The van der Waals surface area contributed by atoms with Gasteiger partial charge in [-0.3, -0.25) is 9.48 Å². The summed E-state index contributed by atoms with van der Waals surface area (Å²) in [5.74, 6) is -0.769. The van der Waals surface area contributed by atoms with Crippen LogP contribution in [0.4, 0.5) is 0 Å². The van der Waals surface area contributed by atoms with E-state index >= 15 is 0 Å². The molecule has 0 aliphatic rings. The Morgan fingerprint density at radius 1 is 1.47 bits per heavy atom. The van der Waals surface area contributed by atoms with Gasteiger partial charge < -0.3 is 9.50 Å². The zero-order valence-electron chi connectivity index (χ0n) is 11.5. The highest BCUT2D eigenvalue weighted by Gasteiger charge is 2.22. The number of rotatable bonds is 6. The van der Waals surface area contributed by atoms with Crippen LogP contribution in [0.5, 0.6) is 5.88 Å². The molecular weight excluding hydrogens is 270 g/mol. The minimum absolute atomic E-state index is 0.0619. The molecule has 0 saturated carbocycles. The Bertz CT molecular complexity index is 548. The van der Waals surface area contributed by atoms with E-state index in [1.807, 2.05) is 20.8 Å². The lowest BCUT2D eigenvalue weighted by atomic mass is 10.3. The maximum Gasteiger partial charge on any atom is 0.310 e. The zero-order chi connectivity index (χ0) is 14.6. The summed E-state index contributed by atoms with van der Waals surface area (Å²) >= 11 is 0. The first kappa shape index (κ1) is 15.5. The van der Waals surface area contributed by atoms with Gasteiger partial charge in [-0.25, -0.2) is 0 Å². The van der Waals surface area contributed by atoms with Gasteiger partial charge in [0.05, 0.1) is 5.75 Å². The van der Waals surface area contributed by atoms with Crippen molar-refractivity contribution in [1.82, 2.24) is 15.1 Å². The fourth-order valence-electron chi connectivity index (χ4n) is 1.30. The van der Waals surface area contributed by atoms with Gasteiger partial charge in [-0.2, -0.15) is 8.42 Å². The molecule has 1 N–H and O–H groups in total. The van der Waals surface area contributed by atoms with E-state index in [1.54, 1.807) is 0 Å². The molecule has 1 amide bonds. The largest absolute Gasteiger partial charge is 0.359 e. The van der Waals surface area contributed by atoms with Gasteiger partial charge in [0.15, 0.2) is 0 Å². The quantitative estimate of drug-likeness (QED) is 0.781. The summed E-state index contributed by atoms with van der Waals surface area (Å²) in [5, 5.41) is 6.62. The lowest BCUT2D eigenvalue weighted by molar-refractivity contribution is 0.0941. The van der Waals surface area contributed by atoms with Crippen molar-refractivity contribution in [2.75, 3.05) is 5.75 Å². The Kier molecular flexibility index (Phi) is 4.93. The average molecular weight is 289 g/mol. The molecule has 0 radical (unpaired) electrons. The molecule has 19 heavy (non-hydrogen) atoms. The molecule has 0 aliphatic carbocycles. The van der Waals surface area contributed by atoms with Gasteiger partial charge in [0.1, 0.15) is 5.56 Å². The van der Waals surface area contributed by atoms with Crippen LogP contribution in [-0.2, 0) is 16.7 Å². The van der Waals surface area contributed by atoms with Gasteiger partial charge in [-0.05, 0) is 27.7 Å². The van der Waals surface area contributed by atoms with Crippen LogP contribution in [0.3, 0.4) is 0 Å². The summed E-state index contributed by atoms with van der Waals surface area (Å²) in [6, 6.07) is -0.0619. The van der Waals surface area contributed by atoms with E-state index in [4.69, 9.17) is 4.18 Å². The molecule has 8 heteroatoms. The summed E-state index contributed by atoms with van der Waals surface area (Å²) < 4.78 is 29.2.